The van der Waals surface area contributed by atoms with E-state index in [2.05, 4.69) is 15.9 Å². The molecule has 2 nitrogen and oxygen atoms in total. The molecule has 2 aromatic rings. The molecule has 0 saturated carbocycles. The summed E-state index contributed by atoms with van der Waals surface area (Å²) < 4.78 is 0.709. The van der Waals surface area contributed by atoms with Crippen LogP contribution in [0, 0.1) is 13.8 Å². The van der Waals surface area contributed by atoms with Gasteiger partial charge in [0.2, 0.25) is 0 Å². The van der Waals surface area contributed by atoms with E-state index in [0.717, 1.165) is 11.1 Å². The van der Waals surface area contributed by atoms with Crippen molar-refractivity contribution in [3.63, 3.8) is 0 Å². The summed E-state index contributed by atoms with van der Waals surface area (Å²) in [6, 6.07) is 8.78. The van der Waals surface area contributed by atoms with Crippen LogP contribution in [-0.2, 0) is 0 Å². The minimum absolute atomic E-state index is 0.132. The quantitative estimate of drug-likeness (QED) is 0.645. The van der Waals surface area contributed by atoms with Crippen molar-refractivity contribution in [2.75, 3.05) is 5.73 Å². The molecule has 0 fully saturated rings. The van der Waals surface area contributed by atoms with E-state index in [1.54, 1.807) is 18.2 Å². The molecule has 98 valence electrons. The van der Waals surface area contributed by atoms with Crippen LogP contribution in [0.15, 0.2) is 34.8 Å². The molecule has 0 aliphatic carbocycles. The monoisotopic (exact) mass is 337 g/mol. The Morgan fingerprint density at radius 1 is 1.11 bits per heavy atom. The summed E-state index contributed by atoms with van der Waals surface area (Å²) in [5.74, 6) is -0.132. The van der Waals surface area contributed by atoms with Crippen LogP contribution in [0.4, 0.5) is 5.69 Å². The topological polar surface area (TPSA) is 43.1 Å². The van der Waals surface area contributed by atoms with Crippen molar-refractivity contribution >= 4 is 39.0 Å². The lowest BCUT2D eigenvalue weighted by Gasteiger charge is -2.09. The second kappa shape index (κ2) is 5.35. The number of rotatable bonds is 2. The van der Waals surface area contributed by atoms with Gasteiger partial charge >= 0.3 is 0 Å². The summed E-state index contributed by atoms with van der Waals surface area (Å²) >= 11 is 9.54. The van der Waals surface area contributed by atoms with Crippen molar-refractivity contribution in [2.45, 2.75) is 13.8 Å². The van der Waals surface area contributed by atoms with Gasteiger partial charge in [0.25, 0.3) is 0 Å². The molecule has 4 heteroatoms. The molecular weight excluding hydrogens is 326 g/mol. The number of aryl methyl sites for hydroxylation is 2. The molecular formula is C15H13BrClNO. The van der Waals surface area contributed by atoms with Gasteiger partial charge in [-0.15, -0.1) is 0 Å². The predicted octanol–water partition coefficient (Wildman–Crippen LogP) is 4.53. The van der Waals surface area contributed by atoms with Crippen LogP contribution in [0.2, 0.25) is 5.02 Å². The molecule has 0 unspecified atom stereocenters. The lowest BCUT2D eigenvalue weighted by atomic mass is 9.99. The molecule has 0 amide bonds. The number of nitrogen functional groups attached to an aromatic ring is 1. The Morgan fingerprint density at radius 3 is 2.42 bits per heavy atom. The Kier molecular flexibility index (Phi) is 3.97. The number of halogens is 2. The van der Waals surface area contributed by atoms with Crippen molar-refractivity contribution in [3.8, 4) is 0 Å². The summed E-state index contributed by atoms with van der Waals surface area (Å²) in [6.07, 6.45) is 0. The first kappa shape index (κ1) is 14.1. The minimum Gasteiger partial charge on any atom is -0.399 e. The van der Waals surface area contributed by atoms with E-state index in [-0.39, 0.29) is 5.78 Å². The second-order valence-corrected chi connectivity index (χ2v) is 5.75. The third kappa shape index (κ3) is 2.82. The lowest BCUT2D eigenvalue weighted by molar-refractivity contribution is 0.103. The molecule has 0 atom stereocenters. The molecule has 0 spiro atoms. The normalized spacial score (nSPS) is 10.5. The Balaban J connectivity index is 2.56. The zero-order valence-corrected chi connectivity index (χ0v) is 13.0. The number of carbonyl (C=O) groups is 1. The van der Waals surface area contributed by atoms with Crippen molar-refractivity contribution in [1.29, 1.82) is 0 Å². The molecule has 0 aliphatic heterocycles. The number of benzene rings is 2. The fourth-order valence-corrected chi connectivity index (χ4v) is 2.55. The minimum atomic E-state index is -0.132. The Morgan fingerprint density at radius 2 is 1.74 bits per heavy atom. The molecule has 0 aromatic heterocycles. The van der Waals surface area contributed by atoms with Gasteiger partial charge < -0.3 is 5.73 Å². The van der Waals surface area contributed by atoms with Gasteiger partial charge in [0.1, 0.15) is 0 Å². The van der Waals surface area contributed by atoms with Crippen LogP contribution in [0.1, 0.15) is 27.0 Å². The van der Waals surface area contributed by atoms with Crippen molar-refractivity contribution < 1.29 is 4.79 Å². The summed E-state index contributed by atoms with van der Waals surface area (Å²) in [7, 11) is 0. The highest BCUT2D eigenvalue weighted by Gasteiger charge is 2.17. The fraction of sp³-hybridized carbons (Fsp3) is 0.133. The Labute approximate surface area is 125 Å². The van der Waals surface area contributed by atoms with E-state index in [1.807, 2.05) is 26.0 Å². The number of hydrogen-bond acceptors (Lipinski definition) is 2. The van der Waals surface area contributed by atoms with E-state index < -0.39 is 0 Å². The molecule has 19 heavy (non-hydrogen) atoms. The first-order valence-electron chi connectivity index (χ1n) is 5.76. The number of hydrogen-bond donors (Lipinski definition) is 1. The van der Waals surface area contributed by atoms with Crippen LogP contribution in [0.3, 0.4) is 0 Å². The van der Waals surface area contributed by atoms with Gasteiger partial charge in [0.15, 0.2) is 5.78 Å². The smallest absolute Gasteiger partial charge is 0.195 e. The summed E-state index contributed by atoms with van der Waals surface area (Å²) in [5.41, 5.74) is 9.39. The largest absolute Gasteiger partial charge is 0.399 e. The number of nitrogens with two attached hydrogens (primary N) is 1. The molecule has 2 aromatic carbocycles. The third-order valence-corrected chi connectivity index (χ3v) is 4.07. The molecule has 2 rings (SSSR count). The number of anilines is 1. The van der Waals surface area contributed by atoms with Crippen molar-refractivity contribution in [1.82, 2.24) is 0 Å². The SMILES string of the molecule is Cc1cc(Cl)c(C(=O)c2cc(N)ccc2Br)cc1C. The highest BCUT2D eigenvalue weighted by atomic mass is 79.9. The van der Waals surface area contributed by atoms with Crippen LogP contribution in [0.25, 0.3) is 0 Å². The summed E-state index contributed by atoms with van der Waals surface area (Å²) in [6.45, 7) is 3.92. The fourth-order valence-electron chi connectivity index (χ4n) is 1.82. The number of carbonyl (C=O) groups excluding carboxylic acids is 1. The van der Waals surface area contributed by atoms with E-state index in [4.69, 9.17) is 17.3 Å². The summed E-state index contributed by atoms with van der Waals surface area (Å²) in [4.78, 5) is 12.5. The highest BCUT2D eigenvalue weighted by molar-refractivity contribution is 9.10. The molecule has 0 heterocycles. The van der Waals surface area contributed by atoms with Gasteiger partial charge in [-0.05, 0) is 55.3 Å². The average Bonchev–Trinajstić information content (AvgIpc) is 2.36. The van der Waals surface area contributed by atoms with Crippen LogP contribution < -0.4 is 5.73 Å². The van der Waals surface area contributed by atoms with Crippen molar-refractivity contribution in [2.24, 2.45) is 0 Å². The van der Waals surface area contributed by atoms with Crippen molar-refractivity contribution in [3.05, 3.63) is 62.1 Å². The van der Waals surface area contributed by atoms with E-state index >= 15 is 0 Å². The van der Waals surface area contributed by atoms with Gasteiger partial charge in [-0.2, -0.15) is 0 Å². The van der Waals surface area contributed by atoms with Crippen LogP contribution in [-0.4, -0.2) is 5.78 Å². The zero-order valence-electron chi connectivity index (χ0n) is 10.6. The van der Waals surface area contributed by atoms with E-state index in [9.17, 15) is 4.79 Å². The maximum Gasteiger partial charge on any atom is 0.195 e. The predicted molar refractivity (Wildman–Crippen MR) is 82.9 cm³/mol. The van der Waals surface area contributed by atoms with Gasteiger partial charge in [0, 0.05) is 21.3 Å². The molecule has 0 bridgehead atoms. The second-order valence-electron chi connectivity index (χ2n) is 4.48. The molecule has 2 N–H and O–H groups in total. The van der Waals surface area contributed by atoms with Gasteiger partial charge in [-0.25, -0.2) is 0 Å². The molecule has 0 saturated heterocycles. The standard InChI is InChI=1S/C15H13BrClNO/c1-8-5-12(14(17)6-9(8)2)15(19)11-7-10(18)3-4-13(11)16/h3-7H,18H2,1-2H3. The molecule has 0 radical (unpaired) electrons. The maximum absolute atomic E-state index is 12.5. The van der Waals surface area contributed by atoms with Gasteiger partial charge in [-0.3, -0.25) is 4.79 Å². The maximum atomic E-state index is 12.5. The first-order chi connectivity index (χ1) is 8.90. The van der Waals surface area contributed by atoms with Gasteiger partial charge in [0.05, 0.1) is 5.02 Å². The average molecular weight is 339 g/mol. The molecule has 0 aliphatic rings. The lowest BCUT2D eigenvalue weighted by Crippen LogP contribution is -2.05. The zero-order chi connectivity index (χ0) is 14.2. The number of ketones is 1. The third-order valence-electron chi connectivity index (χ3n) is 3.06. The van der Waals surface area contributed by atoms with E-state index in [0.29, 0.717) is 26.3 Å². The van der Waals surface area contributed by atoms with Gasteiger partial charge in [-0.1, -0.05) is 27.5 Å². The van der Waals surface area contributed by atoms with E-state index in [1.165, 1.54) is 0 Å². The van der Waals surface area contributed by atoms with Crippen LogP contribution in [0.5, 0.6) is 0 Å². The highest BCUT2D eigenvalue weighted by Crippen LogP contribution is 2.27. The first-order valence-corrected chi connectivity index (χ1v) is 6.93. The Hall–Kier alpha value is -1.32. The summed E-state index contributed by atoms with van der Waals surface area (Å²) in [5, 5.41) is 0.461. The Bertz CT molecular complexity index is 667. The van der Waals surface area contributed by atoms with Crippen LogP contribution >= 0.6 is 27.5 Å².